The number of nitrogens with one attached hydrogen (secondary N) is 1. The molecule has 0 rings (SSSR count). The summed E-state index contributed by atoms with van der Waals surface area (Å²) in [5, 5.41) is 0. The predicted molar refractivity (Wildman–Crippen MR) is 23.1 cm³/mol. The van der Waals surface area contributed by atoms with E-state index >= 15 is 0 Å². The van der Waals surface area contributed by atoms with E-state index < -0.39 is 14.2 Å². The molecule has 0 aliphatic rings. The van der Waals surface area contributed by atoms with E-state index in [2.05, 4.69) is 4.34 Å². The molecule has 0 aromatic carbocycles. The third-order valence-electron chi connectivity index (χ3n) is 0.123. The normalized spacial score (nSPS) is 15.0. The summed E-state index contributed by atoms with van der Waals surface area (Å²) in [6.45, 7) is 0. The topological polar surface area (TPSA) is 64.1 Å². The number of hydrogen-bond donors (Lipinski definition) is 3. The third kappa shape index (κ3) is 4.73. The zero-order valence-corrected chi connectivity index (χ0v) is 5.11. The van der Waals surface area contributed by atoms with Gasteiger partial charge in [-0.15, -0.1) is 0 Å². The molecule has 0 radical (unpaired) electrons. The van der Waals surface area contributed by atoms with Crippen molar-refractivity contribution in [2.45, 2.75) is 0 Å². The third-order valence-corrected chi connectivity index (χ3v) is 1.15. The summed E-state index contributed by atoms with van der Waals surface area (Å²) in [7, 11) is 5.15. The van der Waals surface area contributed by atoms with Crippen LogP contribution in [-0.2, 0) is 0 Å². The van der Waals surface area contributed by atoms with E-state index in [-0.39, 0.29) is 0 Å². The van der Waals surface area contributed by atoms with Crippen LogP contribution in [0.25, 0.3) is 0 Å². The summed E-state index contributed by atoms with van der Waals surface area (Å²) < 4.78 is 7.18. The Balaban J connectivity index is 2.54. The van der Waals surface area contributed by atoms with Gasteiger partial charge in [0.25, 0.3) is 0 Å². The second-order valence-electron chi connectivity index (χ2n) is 0.440. The molecular weight excluding hydrogens is 152 g/mol. The summed E-state index contributed by atoms with van der Waals surface area (Å²) in [6.07, 6.45) is 0. The van der Waals surface area contributed by atoms with Crippen LogP contribution in [0.15, 0.2) is 0 Å². The Hall–Kier alpha value is 0.728. The van der Waals surface area contributed by atoms with Crippen LogP contribution >= 0.6 is 9.95 Å². The number of hydrogen-bond acceptors (Lipinski definition) is 3. The maximum absolute atomic E-state index is 5.15. The van der Waals surface area contributed by atoms with Crippen molar-refractivity contribution < 1.29 is 0 Å². The molecule has 32 valence electrons. The number of nitrogens with two attached hydrogens (primary N) is 2. The average Bonchev–Trinajstić information content (AvgIpc) is 1.38. The molecule has 3 nitrogen and oxygen atoms in total. The standard InChI is InChI=1S/AsClH5N3/c2-1(3)5-4/h5H,3-4H2. The van der Waals surface area contributed by atoms with Crippen molar-refractivity contribution in [3.05, 3.63) is 0 Å². The van der Waals surface area contributed by atoms with Gasteiger partial charge in [0.05, 0.1) is 0 Å². The van der Waals surface area contributed by atoms with Gasteiger partial charge in [0, 0.05) is 0 Å². The Morgan fingerprint density at radius 2 is 2.00 bits per heavy atom. The second kappa shape index (κ2) is 2.94. The fourth-order valence-corrected chi connectivity index (χ4v) is 0. The molecule has 5 heavy (non-hydrogen) atoms. The van der Waals surface area contributed by atoms with Gasteiger partial charge in [0.15, 0.2) is 0 Å². The van der Waals surface area contributed by atoms with Crippen molar-refractivity contribution in [1.82, 2.24) is 4.34 Å². The second-order valence-corrected chi connectivity index (χ2v) is 4.18. The monoisotopic (exact) mass is 157 g/mol. The van der Waals surface area contributed by atoms with Crippen LogP contribution in [0.5, 0.6) is 0 Å². The Kier molecular flexibility index (Phi) is 3.37. The van der Waals surface area contributed by atoms with Crippen LogP contribution in [-0.4, -0.2) is 14.2 Å². The molecule has 0 saturated carbocycles. The summed E-state index contributed by atoms with van der Waals surface area (Å²) in [5.74, 6) is 4.73. The molecule has 1 unspecified atom stereocenters. The van der Waals surface area contributed by atoms with E-state index in [0.29, 0.717) is 0 Å². The maximum atomic E-state index is 5.15. The van der Waals surface area contributed by atoms with Crippen molar-refractivity contribution in [2.75, 3.05) is 0 Å². The molecule has 5 heteroatoms. The Morgan fingerprint density at radius 1 is 1.80 bits per heavy atom. The van der Waals surface area contributed by atoms with Gasteiger partial charge in [-0.05, 0) is 0 Å². The van der Waals surface area contributed by atoms with Crippen molar-refractivity contribution in [3.8, 4) is 0 Å². The molecule has 0 aliphatic heterocycles. The van der Waals surface area contributed by atoms with Crippen LogP contribution in [0, 0.1) is 0 Å². The van der Waals surface area contributed by atoms with Gasteiger partial charge >= 0.3 is 38.9 Å². The van der Waals surface area contributed by atoms with E-state index in [1.165, 1.54) is 0 Å². The molecule has 0 fully saturated rings. The van der Waals surface area contributed by atoms with E-state index in [4.69, 9.17) is 20.4 Å². The van der Waals surface area contributed by atoms with Crippen LogP contribution in [0.2, 0.25) is 0 Å². The first-order valence-corrected chi connectivity index (χ1v) is 5.43. The Labute approximate surface area is 39.5 Å². The molecule has 1 atom stereocenters. The Bertz CT molecular complexity index is 20.9. The molecular formula is H5AsClN3. The van der Waals surface area contributed by atoms with Gasteiger partial charge < -0.3 is 0 Å². The van der Waals surface area contributed by atoms with Gasteiger partial charge in [-0.3, -0.25) is 0 Å². The summed E-state index contributed by atoms with van der Waals surface area (Å²) in [5.41, 5.74) is 0. The van der Waals surface area contributed by atoms with Crippen molar-refractivity contribution in [3.63, 3.8) is 0 Å². The molecule has 0 aromatic heterocycles. The molecule has 0 saturated heterocycles. The van der Waals surface area contributed by atoms with E-state index in [0.717, 1.165) is 0 Å². The average molecular weight is 157 g/mol. The molecule has 0 bridgehead atoms. The first-order valence-electron chi connectivity index (χ1n) is 0.940. The molecule has 5 N–H and O–H groups in total. The van der Waals surface area contributed by atoms with Gasteiger partial charge in [0.2, 0.25) is 0 Å². The van der Waals surface area contributed by atoms with Gasteiger partial charge in [-0.2, -0.15) is 0 Å². The van der Waals surface area contributed by atoms with E-state index in [9.17, 15) is 0 Å². The molecule has 0 aliphatic carbocycles. The predicted octanol–water partition coefficient (Wildman–Crippen LogP) is -1.37. The number of hydrazine groups is 1. The first kappa shape index (κ1) is 5.73. The fourth-order valence-electron chi connectivity index (χ4n) is 0. The first-order chi connectivity index (χ1) is 2.27. The molecule has 0 spiro atoms. The summed E-state index contributed by atoms with van der Waals surface area (Å²) in [6, 6.07) is 0. The fraction of sp³-hybridized carbons (Fsp3) is 0. The van der Waals surface area contributed by atoms with Gasteiger partial charge in [0.1, 0.15) is 0 Å². The number of rotatable bonds is 1. The van der Waals surface area contributed by atoms with Crippen molar-refractivity contribution in [2.24, 2.45) is 10.5 Å². The van der Waals surface area contributed by atoms with Crippen LogP contribution in [0.4, 0.5) is 0 Å². The van der Waals surface area contributed by atoms with E-state index in [1.807, 2.05) is 0 Å². The van der Waals surface area contributed by atoms with Crippen LogP contribution in [0.3, 0.4) is 0 Å². The minimum atomic E-state index is -1.70. The molecule has 0 aromatic rings. The minimum absolute atomic E-state index is 1.70. The van der Waals surface area contributed by atoms with Gasteiger partial charge in [-0.1, -0.05) is 0 Å². The summed E-state index contributed by atoms with van der Waals surface area (Å²) in [4.78, 5) is 0. The number of halogens is 1. The van der Waals surface area contributed by atoms with Gasteiger partial charge in [-0.25, -0.2) is 0 Å². The van der Waals surface area contributed by atoms with E-state index in [1.54, 1.807) is 0 Å². The molecule has 0 heterocycles. The van der Waals surface area contributed by atoms with Crippen molar-refractivity contribution >= 4 is 24.1 Å². The SMILES string of the molecule is NN[As](N)Cl. The zero-order valence-electron chi connectivity index (χ0n) is 2.48. The zero-order chi connectivity index (χ0) is 4.28. The quantitative estimate of drug-likeness (QED) is 0.250. The van der Waals surface area contributed by atoms with Crippen LogP contribution < -0.4 is 14.8 Å². The van der Waals surface area contributed by atoms with Crippen LogP contribution in [0.1, 0.15) is 0 Å². The molecule has 0 amide bonds. The summed E-state index contributed by atoms with van der Waals surface area (Å²) >= 11 is -1.70. The van der Waals surface area contributed by atoms with Crippen molar-refractivity contribution in [1.29, 1.82) is 0 Å². The Morgan fingerprint density at radius 3 is 2.00 bits per heavy atom.